The summed E-state index contributed by atoms with van der Waals surface area (Å²) < 4.78 is 26.6. The molecule has 0 spiro atoms. The van der Waals surface area contributed by atoms with Crippen LogP contribution in [0.25, 0.3) is 0 Å². The normalized spacial score (nSPS) is 19.1. The number of allylic oxidation sites excluding steroid dienone is 2. The molecule has 0 amide bonds. The third-order valence-corrected chi connectivity index (χ3v) is 8.38. The molecule has 0 aromatic heterocycles. The van der Waals surface area contributed by atoms with Crippen molar-refractivity contribution in [3.8, 4) is 11.5 Å². The number of benzene rings is 4. The smallest absolute Gasteiger partial charge is 0.175 e. The van der Waals surface area contributed by atoms with Gasteiger partial charge in [0.25, 0.3) is 0 Å². The highest BCUT2D eigenvalue weighted by atomic mass is 79.9. The Morgan fingerprint density at radius 3 is 2.66 bits per heavy atom. The molecule has 4 nitrogen and oxygen atoms in total. The van der Waals surface area contributed by atoms with Crippen LogP contribution in [0, 0.1) is 18.7 Å². The lowest BCUT2D eigenvalue weighted by Gasteiger charge is -2.37. The van der Waals surface area contributed by atoms with E-state index in [1.165, 1.54) is 28.4 Å². The fourth-order valence-corrected chi connectivity index (χ4v) is 6.37. The topological polar surface area (TPSA) is 42.8 Å². The highest BCUT2D eigenvalue weighted by molar-refractivity contribution is 9.10. The average Bonchev–Trinajstić information content (AvgIpc) is 3.47. The molecule has 41 heavy (non-hydrogen) atoms. The molecule has 1 aliphatic heterocycles. The summed E-state index contributed by atoms with van der Waals surface area (Å²) in [5, 5.41) is 3.81. The van der Waals surface area contributed by atoms with Crippen molar-refractivity contribution in [3.05, 3.63) is 129 Å². The van der Waals surface area contributed by atoms with Crippen LogP contribution in [0.4, 0.5) is 15.8 Å². The lowest BCUT2D eigenvalue weighted by Crippen LogP contribution is -2.29. The molecule has 2 aliphatic rings. The van der Waals surface area contributed by atoms with E-state index >= 15 is 0 Å². The van der Waals surface area contributed by atoms with Crippen molar-refractivity contribution in [1.82, 2.24) is 0 Å². The number of aliphatic imine (C=N–C) groups is 1. The second kappa shape index (κ2) is 11.9. The van der Waals surface area contributed by atoms with Crippen molar-refractivity contribution in [2.45, 2.75) is 38.8 Å². The van der Waals surface area contributed by atoms with Crippen molar-refractivity contribution in [1.29, 1.82) is 0 Å². The largest absolute Gasteiger partial charge is 0.490 e. The SMILES string of the molecule is CCOc1cc(C=Nc2ccc([C@@H]3Nc4ccc(C)cc4[C@@H]4C=CC[C@@H]43)cc2)cc(Br)c1OCc1ccccc1F. The molecule has 0 fully saturated rings. The highest BCUT2D eigenvalue weighted by Crippen LogP contribution is 2.50. The quantitative estimate of drug-likeness (QED) is 0.159. The van der Waals surface area contributed by atoms with Gasteiger partial charge in [0, 0.05) is 23.4 Å². The fraction of sp³-hybridized carbons (Fsp3) is 0.229. The highest BCUT2D eigenvalue weighted by Gasteiger charge is 2.37. The van der Waals surface area contributed by atoms with Gasteiger partial charge in [-0.3, -0.25) is 4.99 Å². The van der Waals surface area contributed by atoms with Crippen molar-refractivity contribution in [2.24, 2.45) is 10.9 Å². The first-order valence-electron chi connectivity index (χ1n) is 14.0. The number of ether oxygens (including phenoxy) is 2. The van der Waals surface area contributed by atoms with Gasteiger partial charge < -0.3 is 14.8 Å². The predicted molar refractivity (Wildman–Crippen MR) is 167 cm³/mol. The summed E-state index contributed by atoms with van der Waals surface area (Å²) in [7, 11) is 0. The van der Waals surface area contributed by atoms with Gasteiger partial charge in [0.05, 0.1) is 22.8 Å². The fourth-order valence-electron chi connectivity index (χ4n) is 5.79. The summed E-state index contributed by atoms with van der Waals surface area (Å²) in [4.78, 5) is 4.73. The van der Waals surface area contributed by atoms with Crippen LogP contribution >= 0.6 is 15.9 Å². The van der Waals surface area contributed by atoms with Gasteiger partial charge in [-0.15, -0.1) is 0 Å². The van der Waals surface area contributed by atoms with Gasteiger partial charge >= 0.3 is 0 Å². The van der Waals surface area contributed by atoms with Gasteiger partial charge in [0.1, 0.15) is 12.4 Å². The van der Waals surface area contributed by atoms with Crippen LogP contribution in [-0.4, -0.2) is 12.8 Å². The maximum absolute atomic E-state index is 14.1. The van der Waals surface area contributed by atoms with Gasteiger partial charge in [0.2, 0.25) is 0 Å². The summed E-state index contributed by atoms with van der Waals surface area (Å²) in [5.74, 6) is 1.77. The number of anilines is 1. The van der Waals surface area contributed by atoms with Crippen LogP contribution in [0.1, 0.15) is 53.1 Å². The van der Waals surface area contributed by atoms with Crippen LogP contribution < -0.4 is 14.8 Å². The Bertz CT molecular complexity index is 1620. The zero-order chi connectivity index (χ0) is 28.3. The number of rotatable bonds is 8. The Balaban J connectivity index is 1.18. The Morgan fingerprint density at radius 1 is 1.02 bits per heavy atom. The first kappa shape index (κ1) is 27.3. The Kier molecular flexibility index (Phi) is 7.93. The zero-order valence-electron chi connectivity index (χ0n) is 23.1. The van der Waals surface area contributed by atoms with Crippen molar-refractivity contribution >= 4 is 33.5 Å². The number of hydrogen-bond donors (Lipinski definition) is 1. The molecule has 3 atom stereocenters. The Hall–Kier alpha value is -3.90. The van der Waals surface area contributed by atoms with Gasteiger partial charge in [-0.2, -0.15) is 0 Å². The molecule has 208 valence electrons. The molecule has 4 aromatic carbocycles. The molecule has 0 radical (unpaired) electrons. The molecule has 1 N–H and O–H groups in total. The standard InChI is InChI=1S/C35H32BrFN2O2/c1-3-40-33-19-23(18-30(36)35(33)41-21-25-7-4-5-10-31(25)37)20-38-26-14-12-24(13-15-26)34-28-9-6-8-27(28)29-17-22(2)11-16-32(29)39-34/h4-8,10-20,27-28,34,39H,3,9,21H2,1-2H3/t27-,28+,34+/m1/s1. The van der Waals surface area contributed by atoms with E-state index < -0.39 is 0 Å². The first-order valence-corrected chi connectivity index (χ1v) is 14.8. The predicted octanol–water partition coefficient (Wildman–Crippen LogP) is 9.45. The Morgan fingerprint density at radius 2 is 1.85 bits per heavy atom. The summed E-state index contributed by atoms with van der Waals surface area (Å²) in [6.45, 7) is 4.65. The molecule has 0 unspecified atom stereocenters. The maximum atomic E-state index is 14.1. The number of aryl methyl sites for hydroxylation is 1. The third kappa shape index (κ3) is 5.80. The zero-order valence-corrected chi connectivity index (χ0v) is 24.7. The molecule has 6 heteroatoms. The van der Waals surface area contributed by atoms with Gasteiger partial charge in [-0.1, -0.05) is 60.2 Å². The number of halogens is 2. The van der Waals surface area contributed by atoms with Crippen LogP contribution in [0.2, 0.25) is 0 Å². The minimum absolute atomic E-state index is 0.101. The van der Waals surface area contributed by atoms with E-state index in [9.17, 15) is 4.39 Å². The van der Waals surface area contributed by atoms with Crippen LogP contribution in [0.5, 0.6) is 11.5 Å². The monoisotopic (exact) mass is 610 g/mol. The van der Waals surface area contributed by atoms with E-state index in [1.807, 2.05) is 25.3 Å². The number of nitrogens with zero attached hydrogens (tertiary/aromatic N) is 1. The minimum atomic E-state index is -0.296. The van der Waals surface area contributed by atoms with E-state index in [-0.39, 0.29) is 18.5 Å². The lowest BCUT2D eigenvalue weighted by molar-refractivity contribution is 0.264. The van der Waals surface area contributed by atoms with Crippen LogP contribution in [0.3, 0.4) is 0 Å². The van der Waals surface area contributed by atoms with E-state index in [0.717, 1.165) is 22.1 Å². The molecule has 0 saturated heterocycles. The third-order valence-electron chi connectivity index (χ3n) is 7.79. The van der Waals surface area contributed by atoms with Crippen LogP contribution in [-0.2, 0) is 6.61 Å². The molecular weight excluding hydrogens is 579 g/mol. The molecule has 0 bridgehead atoms. The summed E-state index contributed by atoms with van der Waals surface area (Å²) in [6.07, 6.45) is 7.59. The van der Waals surface area contributed by atoms with Gasteiger partial charge in [-0.25, -0.2) is 4.39 Å². The van der Waals surface area contributed by atoms with Gasteiger partial charge in [0.15, 0.2) is 11.5 Å². The molecule has 0 saturated carbocycles. The van der Waals surface area contributed by atoms with Crippen molar-refractivity contribution in [3.63, 3.8) is 0 Å². The van der Waals surface area contributed by atoms with Gasteiger partial charge in [-0.05, 0) is 95.2 Å². The number of fused-ring (bicyclic) bond motifs is 3. The van der Waals surface area contributed by atoms with E-state index in [4.69, 9.17) is 14.5 Å². The first-order chi connectivity index (χ1) is 20.0. The van der Waals surface area contributed by atoms with E-state index in [0.29, 0.717) is 35.5 Å². The molecule has 1 aliphatic carbocycles. The molecular formula is C35H32BrFN2O2. The summed E-state index contributed by atoms with van der Waals surface area (Å²) in [5.41, 5.74) is 7.43. The maximum Gasteiger partial charge on any atom is 0.175 e. The number of hydrogen-bond acceptors (Lipinski definition) is 4. The van der Waals surface area contributed by atoms with Crippen molar-refractivity contribution in [2.75, 3.05) is 11.9 Å². The molecule has 4 aromatic rings. The van der Waals surface area contributed by atoms with E-state index in [2.05, 4.69) is 82.8 Å². The molecule has 1 heterocycles. The van der Waals surface area contributed by atoms with Crippen molar-refractivity contribution < 1.29 is 13.9 Å². The summed E-state index contributed by atoms with van der Waals surface area (Å²) >= 11 is 3.61. The summed E-state index contributed by atoms with van der Waals surface area (Å²) in [6, 6.07) is 25.9. The second-order valence-corrected chi connectivity index (χ2v) is 11.4. The molecule has 6 rings (SSSR count). The minimum Gasteiger partial charge on any atom is -0.490 e. The lowest BCUT2D eigenvalue weighted by atomic mass is 9.76. The average molecular weight is 612 g/mol. The second-order valence-electron chi connectivity index (χ2n) is 10.6. The van der Waals surface area contributed by atoms with Crippen LogP contribution in [0.15, 0.2) is 100 Å². The Labute approximate surface area is 249 Å². The number of nitrogens with one attached hydrogen (secondary N) is 1. The van der Waals surface area contributed by atoms with E-state index in [1.54, 1.807) is 18.2 Å².